The molecule has 1 atom stereocenters. The third-order valence-corrected chi connectivity index (χ3v) is 13.2. The number of para-hydroxylation sites is 1. The molecule has 1 amide bonds. The number of fused-ring (bicyclic) bond motifs is 4. The van der Waals surface area contributed by atoms with Gasteiger partial charge < -0.3 is 31.6 Å². The van der Waals surface area contributed by atoms with E-state index in [1.807, 2.05) is 111 Å². The first-order valence-corrected chi connectivity index (χ1v) is 21.3. The predicted molar refractivity (Wildman–Crippen MR) is 234 cm³/mol. The zero-order valence-electron chi connectivity index (χ0n) is 34.2. The zero-order valence-corrected chi connectivity index (χ0v) is 36.0. The summed E-state index contributed by atoms with van der Waals surface area (Å²) in [7, 11) is 1.60. The van der Waals surface area contributed by atoms with Crippen LogP contribution in [0.25, 0.3) is 33.1 Å². The highest BCUT2D eigenvalue weighted by molar-refractivity contribution is 7.53. The fourth-order valence-electron chi connectivity index (χ4n) is 7.68. The maximum atomic E-state index is 14.3. The van der Waals surface area contributed by atoms with Gasteiger partial charge in [0.2, 0.25) is 0 Å². The average Bonchev–Trinajstić information content (AvgIpc) is 3.37. The minimum absolute atomic E-state index is 0.0720. The van der Waals surface area contributed by atoms with Crippen molar-refractivity contribution in [2.24, 2.45) is 0 Å². The minimum atomic E-state index is -2.04. The van der Waals surface area contributed by atoms with Crippen molar-refractivity contribution in [3.63, 3.8) is 0 Å². The van der Waals surface area contributed by atoms with Gasteiger partial charge in [-0.25, -0.2) is 0 Å². The summed E-state index contributed by atoms with van der Waals surface area (Å²) in [6.07, 6.45) is 0. The molecule has 0 spiro atoms. The number of nitrogens with zero attached hydrogens (tertiary/aromatic N) is 2. The van der Waals surface area contributed by atoms with Crippen LogP contribution in [0.15, 0.2) is 112 Å². The van der Waals surface area contributed by atoms with Gasteiger partial charge in [0.1, 0.15) is 34.2 Å². The molecule has 0 N–H and O–H groups in total. The van der Waals surface area contributed by atoms with Crippen molar-refractivity contribution in [1.82, 2.24) is 4.67 Å². The number of rotatable bonds is 9. The Labute approximate surface area is 341 Å². The molecule has 1 aliphatic rings. The third-order valence-electron chi connectivity index (χ3n) is 10.4. The summed E-state index contributed by atoms with van der Waals surface area (Å²) in [5, 5.41) is 1.65. The standard InChI is InChI=1S/C47H46N2O7P2/c1-28-19-30(3)43(53-57-48(7)42-18-14-13-17-37(42)47(50)49(57)27-34-15-11-10-12-16-34)38(21-28)39-22-29(2)20-31(4)44(39)54-58-55-45-32(5)23-35(51-8)25-40(45)41-26-36(52-9)24-33(6)46(41)56-58/h10-26H,27H2,1-9H3. The summed E-state index contributed by atoms with van der Waals surface area (Å²) in [5.41, 5.74) is 11.2. The molecule has 296 valence electrons. The van der Waals surface area contributed by atoms with Gasteiger partial charge in [-0.15, -0.1) is 0 Å². The Balaban J connectivity index is 1.30. The van der Waals surface area contributed by atoms with Crippen molar-refractivity contribution in [2.75, 3.05) is 25.9 Å². The van der Waals surface area contributed by atoms with E-state index in [4.69, 9.17) is 26.9 Å². The molecule has 8 rings (SSSR count). The maximum absolute atomic E-state index is 14.3. The number of hydrogen-bond donors (Lipinski definition) is 0. The normalized spacial score (nSPS) is 13.8. The Morgan fingerprint density at radius 2 is 1.10 bits per heavy atom. The average molecular weight is 813 g/mol. The van der Waals surface area contributed by atoms with E-state index < -0.39 is 16.7 Å². The van der Waals surface area contributed by atoms with Gasteiger partial charge in [0, 0.05) is 28.9 Å². The highest BCUT2D eigenvalue weighted by atomic mass is 31.2. The van der Waals surface area contributed by atoms with Crippen LogP contribution in [0.3, 0.4) is 0 Å². The van der Waals surface area contributed by atoms with Gasteiger partial charge in [0.15, 0.2) is 0 Å². The number of ether oxygens (including phenoxy) is 2. The topological polar surface area (TPSA) is 86.8 Å². The molecule has 9 nitrogen and oxygen atoms in total. The number of carbonyl (C=O) groups is 1. The summed E-state index contributed by atoms with van der Waals surface area (Å²) in [4.78, 5) is 14.3. The molecule has 0 radical (unpaired) electrons. The highest BCUT2D eigenvalue weighted by Gasteiger charge is 2.40. The number of benzene rings is 6. The largest absolute Gasteiger partial charge is 0.497 e. The quantitative estimate of drug-likeness (QED) is 0.133. The van der Waals surface area contributed by atoms with Crippen LogP contribution in [0, 0.1) is 41.5 Å². The lowest BCUT2D eigenvalue weighted by Gasteiger charge is -2.41. The van der Waals surface area contributed by atoms with Gasteiger partial charge in [-0.3, -0.25) is 9.46 Å². The Hall–Kier alpha value is -5.88. The van der Waals surface area contributed by atoms with E-state index in [1.54, 1.807) is 14.2 Å². The second-order valence-electron chi connectivity index (χ2n) is 14.8. The Bertz CT molecular complexity index is 2700. The number of anilines is 1. The van der Waals surface area contributed by atoms with Crippen molar-refractivity contribution in [3.8, 4) is 34.1 Å². The lowest BCUT2D eigenvalue weighted by atomic mass is 9.95. The molecular formula is C47H46N2O7P2. The van der Waals surface area contributed by atoms with E-state index in [2.05, 4.69) is 49.7 Å². The van der Waals surface area contributed by atoms with E-state index in [0.29, 0.717) is 46.3 Å². The second-order valence-corrected chi connectivity index (χ2v) is 17.6. The molecule has 58 heavy (non-hydrogen) atoms. The summed E-state index contributed by atoms with van der Waals surface area (Å²) in [6, 6.07) is 34.0. The molecule has 0 bridgehead atoms. The molecule has 0 fully saturated rings. The molecule has 2 heterocycles. The van der Waals surface area contributed by atoms with E-state index in [1.165, 1.54) is 0 Å². The molecule has 1 unspecified atom stereocenters. The van der Waals surface area contributed by atoms with Crippen molar-refractivity contribution in [2.45, 2.75) is 48.1 Å². The van der Waals surface area contributed by atoms with Crippen LogP contribution in [-0.2, 0) is 6.54 Å². The van der Waals surface area contributed by atoms with Crippen LogP contribution in [0.2, 0.25) is 0 Å². The van der Waals surface area contributed by atoms with Crippen LogP contribution < -0.4 is 23.2 Å². The Morgan fingerprint density at radius 3 is 1.66 bits per heavy atom. The van der Waals surface area contributed by atoms with E-state index >= 15 is 0 Å². The summed E-state index contributed by atoms with van der Waals surface area (Å²) in [5.74, 6) is 2.62. The lowest BCUT2D eigenvalue weighted by Crippen LogP contribution is -2.38. The van der Waals surface area contributed by atoms with Crippen LogP contribution >= 0.6 is 16.7 Å². The van der Waals surface area contributed by atoms with Crippen molar-refractivity contribution in [3.05, 3.63) is 148 Å². The third kappa shape index (κ3) is 7.25. The van der Waals surface area contributed by atoms with Gasteiger partial charge in [-0.1, -0.05) is 54.6 Å². The molecular weight excluding hydrogens is 766 g/mol. The fraction of sp³-hybridized carbons (Fsp3) is 0.213. The number of carbonyl (C=O) groups excluding carboxylic acids is 1. The first-order valence-electron chi connectivity index (χ1n) is 19.0. The van der Waals surface area contributed by atoms with Crippen molar-refractivity contribution in [1.29, 1.82) is 0 Å². The summed E-state index contributed by atoms with van der Waals surface area (Å²) >= 11 is 0. The molecule has 11 heteroatoms. The summed E-state index contributed by atoms with van der Waals surface area (Å²) in [6.45, 7) is 12.6. The lowest BCUT2D eigenvalue weighted by molar-refractivity contribution is 0.0847. The Kier molecular flexibility index (Phi) is 10.6. The van der Waals surface area contributed by atoms with Crippen LogP contribution in [-0.4, -0.2) is 31.8 Å². The smallest absolute Gasteiger partial charge is 0.453 e. The van der Waals surface area contributed by atoms with Crippen LogP contribution in [0.5, 0.6) is 23.0 Å². The molecule has 0 saturated carbocycles. The van der Waals surface area contributed by atoms with Crippen molar-refractivity contribution >= 4 is 50.2 Å². The monoisotopic (exact) mass is 812 g/mol. The zero-order chi connectivity index (χ0) is 40.8. The van der Waals surface area contributed by atoms with E-state index in [9.17, 15) is 4.79 Å². The fourth-order valence-corrected chi connectivity index (χ4v) is 10.8. The number of aryl methyl sites for hydroxylation is 6. The highest BCUT2D eigenvalue weighted by Crippen LogP contribution is 2.56. The number of hydrogen-bond acceptors (Lipinski definition) is 8. The maximum Gasteiger partial charge on any atom is 0.453 e. The van der Waals surface area contributed by atoms with Gasteiger partial charge in [0.25, 0.3) is 5.91 Å². The SMILES string of the molecule is COc1cc(C)c2op(Oc3c(C)cc(C)cc3-c3cc(C)cc(C)c3OP3N(Cc4ccccc4)C(=O)c4ccccc4N3C)oc3c(C)cc(OC)cc3c2c1. The number of methoxy groups -OCH3 is 2. The molecule has 6 aromatic carbocycles. The van der Waals surface area contributed by atoms with Crippen LogP contribution in [0.4, 0.5) is 5.69 Å². The minimum Gasteiger partial charge on any atom is -0.497 e. The van der Waals surface area contributed by atoms with E-state index in [0.717, 1.165) is 66.5 Å². The Morgan fingerprint density at radius 1 is 0.586 bits per heavy atom. The first-order chi connectivity index (χ1) is 27.9. The number of amides is 1. The van der Waals surface area contributed by atoms with Gasteiger partial charge in [-0.05, 0) is 129 Å². The van der Waals surface area contributed by atoms with Gasteiger partial charge >= 0.3 is 16.7 Å². The van der Waals surface area contributed by atoms with E-state index in [-0.39, 0.29) is 5.91 Å². The second kappa shape index (κ2) is 15.8. The van der Waals surface area contributed by atoms with Gasteiger partial charge in [0.05, 0.1) is 32.0 Å². The molecule has 1 aromatic heterocycles. The van der Waals surface area contributed by atoms with Crippen molar-refractivity contribution < 1.29 is 31.7 Å². The van der Waals surface area contributed by atoms with Gasteiger partial charge in [-0.2, -0.15) is 0 Å². The summed E-state index contributed by atoms with van der Waals surface area (Å²) < 4.78 is 43.0. The molecule has 0 aliphatic carbocycles. The van der Waals surface area contributed by atoms with Crippen LogP contribution in [0.1, 0.15) is 49.3 Å². The predicted octanol–water partition coefficient (Wildman–Crippen LogP) is 13.1. The molecule has 0 saturated heterocycles. The molecule has 1 aliphatic heterocycles. The molecule has 7 aromatic rings. The first kappa shape index (κ1) is 39.0.